The van der Waals surface area contributed by atoms with E-state index in [1.54, 1.807) is 0 Å². The first-order valence-corrected chi connectivity index (χ1v) is 10.3. The Morgan fingerprint density at radius 1 is 1.00 bits per heavy atom. The van der Waals surface area contributed by atoms with E-state index in [-0.39, 0.29) is 11.9 Å². The molecule has 5 rings (SSSR count). The van der Waals surface area contributed by atoms with Gasteiger partial charge in [-0.3, -0.25) is 9.69 Å². The zero-order chi connectivity index (χ0) is 20.7. The molecule has 2 bridgehead atoms. The average Bonchev–Trinajstić information content (AvgIpc) is 2.74. The third-order valence-corrected chi connectivity index (χ3v) is 6.05. The Morgan fingerprint density at radius 3 is 2.37 bits per heavy atom. The van der Waals surface area contributed by atoms with Gasteiger partial charge in [0.05, 0.1) is 6.04 Å². The van der Waals surface area contributed by atoms with Crippen LogP contribution in [0.5, 0.6) is 5.75 Å². The highest BCUT2D eigenvalue weighted by Crippen LogP contribution is 2.49. The van der Waals surface area contributed by atoms with E-state index in [1.165, 1.54) is 0 Å². The quantitative estimate of drug-likeness (QED) is 0.618. The molecule has 1 fully saturated rings. The molecule has 1 saturated heterocycles. The maximum Gasteiger partial charge on any atom is 0.236 e. The fraction of sp³-hybridized carbons (Fsp3) is 0.167. The second kappa shape index (κ2) is 7.15. The number of amides is 1. The maximum absolute atomic E-state index is 13.6. The lowest BCUT2D eigenvalue weighted by molar-refractivity contribution is -0.130. The minimum atomic E-state index is -0.998. The number of nitrogens with one attached hydrogen (secondary N) is 2. The number of thiocarbonyl (C=S) groups is 1. The largest absolute Gasteiger partial charge is 0.467 e. The predicted octanol–water partition coefficient (Wildman–Crippen LogP) is 4.49. The van der Waals surface area contributed by atoms with E-state index >= 15 is 0 Å². The van der Waals surface area contributed by atoms with E-state index in [0.717, 1.165) is 22.7 Å². The predicted molar refractivity (Wildman–Crippen MR) is 121 cm³/mol. The molecule has 2 aliphatic heterocycles. The second-order valence-corrected chi connectivity index (χ2v) is 8.01. The first kappa shape index (κ1) is 18.6. The number of carbonyl (C=O) groups is 1. The number of hydrogen-bond acceptors (Lipinski definition) is 3. The summed E-state index contributed by atoms with van der Waals surface area (Å²) in [6.45, 7) is 1.94. The van der Waals surface area contributed by atoms with Gasteiger partial charge in [0.15, 0.2) is 10.8 Å². The van der Waals surface area contributed by atoms with Crippen LogP contribution in [0.2, 0.25) is 0 Å². The van der Waals surface area contributed by atoms with Gasteiger partial charge in [0.1, 0.15) is 11.7 Å². The Hall–Kier alpha value is -3.38. The molecule has 0 spiro atoms. The maximum atomic E-state index is 13.6. The Bertz CT molecular complexity index is 1110. The number of carbonyl (C=O) groups excluding carboxylic acids is 1. The van der Waals surface area contributed by atoms with Crippen molar-refractivity contribution in [1.29, 1.82) is 0 Å². The molecule has 150 valence electrons. The highest BCUT2D eigenvalue weighted by Gasteiger charge is 2.59. The fourth-order valence-corrected chi connectivity index (χ4v) is 4.85. The van der Waals surface area contributed by atoms with Crippen LogP contribution in [0.3, 0.4) is 0 Å². The summed E-state index contributed by atoms with van der Waals surface area (Å²) in [6.07, 6.45) is 0. The molecule has 2 aliphatic rings. The third-order valence-electron chi connectivity index (χ3n) is 5.75. The van der Waals surface area contributed by atoms with Gasteiger partial charge >= 0.3 is 0 Å². The molecule has 3 atom stereocenters. The summed E-state index contributed by atoms with van der Waals surface area (Å²) in [6, 6.07) is 26.8. The highest BCUT2D eigenvalue weighted by atomic mass is 32.1. The molecule has 0 unspecified atom stereocenters. The van der Waals surface area contributed by atoms with Crippen LogP contribution in [0.15, 0.2) is 84.9 Å². The summed E-state index contributed by atoms with van der Waals surface area (Å²) in [5, 5.41) is 7.00. The number of para-hydroxylation sites is 3. The van der Waals surface area contributed by atoms with Gasteiger partial charge in [0.2, 0.25) is 5.91 Å². The number of benzene rings is 3. The summed E-state index contributed by atoms with van der Waals surface area (Å²) in [4.78, 5) is 15.5. The lowest BCUT2D eigenvalue weighted by Crippen LogP contribution is -2.72. The van der Waals surface area contributed by atoms with E-state index in [1.807, 2.05) is 96.8 Å². The molecular formula is C24H21N3O2S. The Kier molecular flexibility index (Phi) is 4.44. The molecule has 5 nitrogen and oxygen atoms in total. The normalized spacial score (nSPS) is 24.3. The summed E-state index contributed by atoms with van der Waals surface area (Å²) >= 11 is 5.74. The molecule has 3 aromatic carbocycles. The second-order valence-electron chi connectivity index (χ2n) is 7.63. The van der Waals surface area contributed by atoms with Crippen molar-refractivity contribution in [3.8, 4) is 5.75 Å². The summed E-state index contributed by atoms with van der Waals surface area (Å²) in [5.41, 5.74) is 1.55. The molecular weight excluding hydrogens is 394 g/mol. The fourth-order valence-electron chi connectivity index (χ4n) is 4.44. The number of nitrogens with zero attached hydrogens (tertiary/aromatic N) is 1. The number of hydrogen-bond donors (Lipinski definition) is 2. The summed E-state index contributed by atoms with van der Waals surface area (Å²) in [7, 11) is 0. The monoisotopic (exact) mass is 415 g/mol. The van der Waals surface area contributed by atoms with Gasteiger partial charge < -0.3 is 15.4 Å². The highest BCUT2D eigenvalue weighted by molar-refractivity contribution is 7.80. The zero-order valence-electron chi connectivity index (χ0n) is 16.4. The van der Waals surface area contributed by atoms with Gasteiger partial charge in [-0.05, 0) is 49.5 Å². The van der Waals surface area contributed by atoms with Gasteiger partial charge in [-0.25, -0.2) is 0 Å². The summed E-state index contributed by atoms with van der Waals surface area (Å²) in [5.74, 6) is 0.0864. The van der Waals surface area contributed by atoms with Crippen LogP contribution in [0, 0.1) is 5.92 Å². The van der Waals surface area contributed by atoms with Gasteiger partial charge in [0.25, 0.3) is 0 Å². The van der Waals surface area contributed by atoms with Crippen LogP contribution in [-0.2, 0) is 4.79 Å². The van der Waals surface area contributed by atoms with Crippen molar-refractivity contribution in [2.75, 3.05) is 10.2 Å². The van der Waals surface area contributed by atoms with Crippen molar-refractivity contribution < 1.29 is 9.53 Å². The average molecular weight is 416 g/mol. The van der Waals surface area contributed by atoms with Crippen LogP contribution in [0.1, 0.15) is 18.5 Å². The molecule has 30 heavy (non-hydrogen) atoms. The van der Waals surface area contributed by atoms with Crippen molar-refractivity contribution in [2.45, 2.75) is 18.7 Å². The minimum absolute atomic E-state index is 0.126. The van der Waals surface area contributed by atoms with Crippen molar-refractivity contribution in [3.63, 3.8) is 0 Å². The van der Waals surface area contributed by atoms with E-state index in [2.05, 4.69) is 10.6 Å². The Morgan fingerprint density at radius 2 is 1.63 bits per heavy atom. The first-order valence-electron chi connectivity index (χ1n) is 9.87. The zero-order valence-corrected chi connectivity index (χ0v) is 17.2. The molecule has 2 heterocycles. The van der Waals surface area contributed by atoms with Gasteiger partial charge in [-0.2, -0.15) is 0 Å². The number of anilines is 2. The molecule has 6 heteroatoms. The van der Waals surface area contributed by atoms with E-state index in [4.69, 9.17) is 17.0 Å². The van der Waals surface area contributed by atoms with Crippen LogP contribution >= 0.6 is 12.2 Å². The van der Waals surface area contributed by atoms with Crippen LogP contribution in [-0.4, -0.2) is 16.7 Å². The minimum Gasteiger partial charge on any atom is -0.467 e. The SMILES string of the molecule is C[C@@]12Oc3ccccc3[C@H](NC(=S)N1c1ccccc1)[C@H]2C(=O)Nc1ccccc1. The van der Waals surface area contributed by atoms with Gasteiger partial charge in [-0.15, -0.1) is 0 Å². The van der Waals surface area contributed by atoms with Gasteiger partial charge in [-0.1, -0.05) is 54.6 Å². The summed E-state index contributed by atoms with van der Waals surface area (Å²) < 4.78 is 6.54. The molecule has 1 amide bonds. The topological polar surface area (TPSA) is 53.6 Å². The van der Waals surface area contributed by atoms with Crippen molar-refractivity contribution >= 4 is 34.6 Å². The molecule has 0 aromatic heterocycles. The third kappa shape index (κ3) is 2.92. The van der Waals surface area contributed by atoms with E-state index < -0.39 is 11.6 Å². The number of ether oxygens (including phenoxy) is 1. The number of fused-ring (bicyclic) bond motifs is 4. The van der Waals surface area contributed by atoms with Crippen LogP contribution < -0.4 is 20.3 Å². The molecule has 2 N–H and O–H groups in total. The van der Waals surface area contributed by atoms with Crippen molar-refractivity contribution in [3.05, 3.63) is 90.5 Å². The lowest BCUT2D eigenvalue weighted by Gasteiger charge is -2.56. The Labute approximate surface area is 180 Å². The standard InChI is InChI=1S/C24H21N3O2S/c1-24-20(22(28)25-16-10-4-2-5-11-16)21(18-14-8-9-15-19(18)29-24)26-23(30)27(24)17-12-6-3-7-13-17/h2-15,20-21H,1H3,(H,25,28)(H,26,30)/t20-,21-,24-/m0/s1. The smallest absolute Gasteiger partial charge is 0.236 e. The Balaban J connectivity index is 1.63. The first-order chi connectivity index (χ1) is 14.6. The molecule has 0 aliphatic carbocycles. The van der Waals surface area contributed by atoms with Crippen LogP contribution in [0.25, 0.3) is 0 Å². The lowest BCUT2D eigenvalue weighted by atomic mass is 9.78. The molecule has 3 aromatic rings. The van der Waals surface area contributed by atoms with Gasteiger partial charge in [0, 0.05) is 16.9 Å². The van der Waals surface area contributed by atoms with Crippen molar-refractivity contribution in [2.24, 2.45) is 5.92 Å². The number of rotatable bonds is 3. The van der Waals surface area contributed by atoms with Crippen LogP contribution in [0.4, 0.5) is 11.4 Å². The van der Waals surface area contributed by atoms with Crippen molar-refractivity contribution in [1.82, 2.24) is 5.32 Å². The van der Waals surface area contributed by atoms with E-state index in [9.17, 15) is 4.79 Å². The van der Waals surface area contributed by atoms with E-state index in [0.29, 0.717) is 5.11 Å². The molecule has 0 saturated carbocycles. The molecule has 0 radical (unpaired) electrons.